The van der Waals surface area contributed by atoms with Crippen LogP contribution >= 0.6 is 24.8 Å². The lowest BCUT2D eigenvalue weighted by Crippen LogP contribution is -2.53. The molecule has 0 spiro atoms. The van der Waals surface area contributed by atoms with Gasteiger partial charge in [0.2, 0.25) is 0 Å². The Labute approximate surface area is 164 Å². The molecular formula is C17H25Cl2F2N3O2. The monoisotopic (exact) mass is 411 g/mol. The van der Waals surface area contributed by atoms with Gasteiger partial charge in [-0.15, -0.1) is 24.8 Å². The van der Waals surface area contributed by atoms with Crippen molar-refractivity contribution in [3.05, 3.63) is 35.4 Å². The molecule has 0 radical (unpaired) electrons. The number of piperidine rings is 1. The number of nitrogens with zero attached hydrogens (tertiary/aromatic N) is 1. The van der Waals surface area contributed by atoms with Crippen LogP contribution in [0.2, 0.25) is 0 Å². The third kappa shape index (κ3) is 6.03. The topological polar surface area (TPSA) is 53.6 Å². The Balaban J connectivity index is 0.00000169. The summed E-state index contributed by atoms with van der Waals surface area (Å²) in [4.78, 5) is 14.2. The summed E-state index contributed by atoms with van der Waals surface area (Å²) < 4.78 is 33.0. The number of amides is 1. The standard InChI is InChI=1S/C17H23F2N3O2.2ClH/c18-14-4-1-5-15(19)13(14)11-22-7-2-3-12(10-22)21-17(23)16-9-20-6-8-24-16;;/h1,4-5,12,16,20H,2-3,6-11H2,(H,21,23);2*1H. The number of hydrogen-bond acceptors (Lipinski definition) is 4. The van der Waals surface area contributed by atoms with E-state index in [2.05, 4.69) is 10.6 Å². The normalized spacial score (nSPS) is 23.5. The van der Waals surface area contributed by atoms with E-state index in [9.17, 15) is 13.6 Å². The molecule has 26 heavy (non-hydrogen) atoms. The van der Waals surface area contributed by atoms with E-state index in [0.717, 1.165) is 25.9 Å². The number of carbonyl (C=O) groups is 1. The molecule has 1 amide bonds. The van der Waals surface area contributed by atoms with Gasteiger partial charge in [-0.1, -0.05) is 6.07 Å². The van der Waals surface area contributed by atoms with E-state index in [0.29, 0.717) is 19.7 Å². The van der Waals surface area contributed by atoms with Crippen LogP contribution in [0, 0.1) is 11.6 Å². The van der Waals surface area contributed by atoms with Crippen molar-refractivity contribution in [1.29, 1.82) is 0 Å². The first-order chi connectivity index (χ1) is 11.6. The summed E-state index contributed by atoms with van der Waals surface area (Å²) in [5.41, 5.74) is 0.0873. The lowest BCUT2D eigenvalue weighted by Gasteiger charge is -2.34. The number of halogens is 4. The summed E-state index contributed by atoms with van der Waals surface area (Å²) >= 11 is 0. The largest absolute Gasteiger partial charge is 0.366 e. The minimum absolute atomic E-state index is 0. The molecule has 0 aliphatic carbocycles. The van der Waals surface area contributed by atoms with E-state index < -0.39 is 17.7 Å². The SMILES string of the molecule is Cl.Cl.O=C(NC1CCCN(Cc2c(F)cccc2F)C1)C1CNCCO1. The fourth-order valence-corrected chi connectivity index (χ4v) is 3.25. The number of nitrogens with one attached hydrogen (secondary N) is 2. The Morgan fingerprint density at radius 2 is 2.04 bits per heavy atom. The van der Waals surface area contributed by atoms with Crippen molar-refractivity contribution in [2.75, 3.05) is 32.8 Å². The van der Waals surface area contributed by atoms with E-state index in [-0.39, 0.29) is 48.9 Å². The van der Waals surface area contributed by atoms with Gasteiger partial charge in [-0.3, -0.25) is 9.69 Å². The highest BCUT2D eigenvalue weighted by Crippen LogP contribution is 2.18. The average molecular weight is 412 g/mol. The van der Waals surface area contributed by atoms with Gasteiger partial charge in [0.15, 0.2) is 0 Å². The Morgan fingerprint density at radius 3 is 2.69 bits per heavy atom. The molecule has 2 N–H and O–H groups in total. The van der Waals surface area contributed by atoms with E-state index in [1.807, 2.05) is 4.90 Å². The molecule has 9 heteroatoms. The molecule has 2 saturated heterocycles. The highest BCUT2D eigenvalue weighted by molar-refractivity contribution is 5.85. The summed E-state index contributed by atoms with van der Waals surface area (Å²) in [7, 11) is 0. The molecule has 3 rings (SSSR count). The number of hydrogen-bond donors (Lipinski definition) is 2. The summed E-state index contributed by atoms with van der Waals surface area (Å²) in [6.45, 7) is 3.37. The van der Waals surface area contributed by atoms with E-state index in [1.165, 1.54) is 18.2 Å². The highest BCUT2D eigenvalue weighted by Gasteiger charge is 2.27. The number of morpholine rings is 1. The van der Waals surface area contributed by atoms with Crippen LogP contribution < -0.4 is 10.6 Å². The second-order valence-corrected chi connectivity index (χ2v) is 6.35. The van der Waals surface area contributed by atoms with Crippen molar-refractivity contribution in [2.45, 2.75) is 31.5 Å². The molecule has 0 bridgehead atoms. The second-order valence-electron chi connectivity index (χ2n) is 6.35. The van der Waals surface area contributed by atoms with Crippen LogP contribution in [0.3, 0.4) is 0 Å². The zero-order valence-corrected chi connectivity index (χ0v) is 16.0. The number of ether oxygens (including phenoxy) is 1. The smallest absolute Gasteiger partial charge is 0.250 e. The summed E-state index contributed by atoms with van der Waals surface area (Å²) in [6, 6.07) is 3.89. The molecule has 2 aliphatic rings. The van der Waals surface area contributed by atoms with Gasteiger partial charge >= 0.3 is 0 Å². The Kier molecular flexibility index (Phi) is 9.74. The third-order valence-corrected chi connectivity index (χ3v) is 4.52. The molecule has 1 aromatic carbocycles. The predicted octanol–water partition coefficient (Wildman–Crippen LogP) is 1.88. The van der Waals surface area contributed by atoms with Gasteiger partial charge in [0.05, 0.1) is 6.61 Å². The fraction of sp³-hybridized carbons (Fsp3) is 0.588. The molecule has 2 aliphatic heterocycles. The molecule has 0 saturated carbocycles. The second kappa shape index (κ2) is 11.0. The third-order valence-electron chi connectivity index (χ3n) is 4.52. The van der Waals surface area contributed by atoms with Crippen LogP contribution in [0.4, 0.5) is 8.78 Å². The van der Waals surface area contributed by atoms with Crippen LogP contribution in [0.25, 0.3) is 0 Å². The van der Waals surface area contributed by atoms with Gasteiger partial charge in [0, 0.05) is 37.8 Å². The summed E-state index contributed by atoms with van der Waals surface area (Å²) in [5.74, 6) is -1.17. The van der Waals surface area contributed by atoms with Crippen LogP contribution in [-0.4, -0.2) is 55.7 Å². The Morgan fingerprint density at radius 1 is 1.31 bits per heavy atom. The first-order valence-corrected chi connectivity index (χ1v) is 8.41. The number of likely N-dealkylation sites (tertiary alicyclic amines) is 1. The molecule has 2 unspecified atom stereocenters. The van der Waals surface area contributed by atoms with Gasteiger partial charge in [0.25, 0.3) is 5.91 Å². The van der Waals surface area contributed by atoms with E-state index in [1.54, 1.807) is 0 Å². The maximum absolute atomic E-state index is 13.8. The average Bonchev–Trinajstić information content (AvgIpc) is 2.59. The zero-order valence-electron chi connectivity index (χ0n) is 14.4. The molecule has 2 fully saturated rings. The number of rotatable bonds is 4. The maximum atomic E-state index is 13.8. The van der Waals surface area contributed by atoms with Gasteiger partial charge < -0.3 is 15.4 Å². The molecule has 5 nitrogen and oxygen atoms in total. The van der Waals surface area contributed by atoms with Crippen molar-refractivity contribution in [1.82, 2.24) is 15.5 Å². The van der Waals surface area contributed by atoms with Gasteiger partial charge in [-0.25, -0.2) is 8.78 Å². The molecule has 2 atom stereocenters. The van der Waals surface area contributed by atoms with Crippen LogP contribution in [0.1, 0.15) is 18.4 Å². The summed E-state index contributed by atoms with van der Waals surface area (Å²) in [5, 5.41) is 6.13. The molecular weight excluding hydrogens is 387 g/mol. The first kappa shape index (κ1) is 23.0. The minimum Gasteiger partial charge on any atom is -0.366 e. The first-order valence-electron chi connectivity index (χ1n) is 8.41. The summed E-state index contributed by atoms with van der Waals surface area (Å²) in [6.07, 6.45) is 1.28. The van der Waals surface area contributed by atoms with Crippen molar-refractivity contribution < 1.29 is 18.3 Å². The van der Waals surface area contributed by atoms with Crippen LogP contribution in [0.5, 0.6) is 0 Å². The number of carbonyl (C=O) groups excluding carboxylic acids is 1. The maximum Gasteiger partial charge on any atom is 0.250 e. The quantitative estimate of drug-likeness (QED) is 0.793. The Bertz CT molecular complexity index is 569. The molecule has 148 valence electrons. The van der Waals surface area contributed by atoms with Crippen molar-refractivity contribution in [3.8, 4) is 0 Å². The van der Waals surface area contributed by atoms with Crippen molar-refractivity contribution in [3.63, 3.8) is 0 Å². The van der Waals surface area contributed by atoms with Gasteiger partial charge in [-0.05, 0) is 31.5 Å². The molecule has 2 heterocycles. The molecule has 1 aromatic rings. The molecule has 0 aromatic heterocycles. The zero-order chi connectivity index (χ0) is 16.9. The lowest BCUT2D eigenvalue weighted by molar-refractivity contribution is -0.135. The van der Waals surface area contributed by atoms with Gasteiger partial charge in [0.1, 0.15) is 17.7 Å². The lowest BCUT2D eigenvalue weighted by atomic mass is 10.0. The Hall–Kier alpha value is -0.990. The predicted molar refractivity (Wildman–Crippen MR) is 99.9 cm³/mol. The van der Waals surface area contributed by atoms with E-state index in [4.69, 9.17) is 4.74 Å². The number of benzene rings is 1. The highest BCUT2D eigenvalue weighted by atomic mass is 35.5. The van der Waals surface area contributed by atoms with Gasteiger partial charge in [-0.2, -0.15) is 0 Å². The van der Waals surface area contributed by atoms with Crippen LogP contribution in [-0.2, 0) is 16.1 Å². The van der Waals surface area contributed by atoms with E-state index >= 15 is 0 Å². The fourth-order valence-electron chi connectivity index (χ4n) is 3.25. The minimum atomic E-state index is -0.525. The van der Waals surface area contributed by atoms with Crippen molar-refractivity contribution >= 4 is 30.7 Å². The van der Waals surface area contributed by atoms with Crippen molar-refractivity contribution in [2.24, 2.45) is 0 Å². The van der Waals surface area contributed by atoms with Crippen LogP contribution in [0.15, 0.2) is 18.2 Å².